The van der Waals surface area contributed by atoms with E-state index in [4.69, 9.17) is 14.2 Å². The van der Waals surface area contributed by atoms with E-state index in [-0.39, 0.29) is 25.0 Å². The van der Waals surface area contributed by atoms with Gasteiger partial charge in [-0.1, -0.05) is 66.7 Å². The molecule has 0 radical (unpaired) electrons. The number of carbonyl (C=O) groups is 2. The number of amides is 1. The third kappa shape index (κ3) is 5.21. The summed E-state index contributed by atoms with van der Waals surface area (Å²) in [5, 5.41) is 12.3. The number of carboxylic acids is 1. The van der Waals surface area contributed by atoms with Crippen LogP contribution in [-0.4, -0.2) is 49.1 Å². The Hall–Kier alpha value is -3.84. The van der Waals surface area contributed by atoms with Crippen molar-refractivity contribution in [2.75, 3.05) is 19.8 Å². The molecule has 5 rings (SSSR count). The van der Waals surface area contributed by atoms with E-state index in [0.29, 0.717) is 17.9 Å². The second-order valence-electron chi connectivity index (χ2n) is 9.12. The lowest BCUT2D eigenvalue weighted by Crippen LogP contribution is -2.43. The van der Waals surface area contributed by atoms with Crippen LogP contribution in [0.4, 0.5) is 4.79 Å². The summed E-state index contributed by atoms with van der Waals surface area (Å²) in [7, 11) is 0. The molecular weight excluding hydrogens is 458 g/mol. The van der Waals surface area contributed by atoms with Gasteiger partial charge in [0.1, 0.15) is 25.0 Å². The van der Waals surface area contributed by atoms with Crippen molar-refractivity contribution in [2.24, 2.45) is 0 Å². The van der Waals surface area contributed by atoms with Crippen molar-refractivity contribution in [3.05, 3.63) is 89.5 Å². The van der Waals surface area contributed by atoms with Gasteiger partial charge >= 0.3 is 12.1 Å². The zero-order valence-electron chi connectivity index (χ0n) is 19.9. The number of fused-ring (bicyclic) bond motifs is 3. The van der Waals surface area contributed by atoms with Crippen molar-refractivity contribution < 1.29 is 28.9 Å². The molecule has 36 heavy (non-hydrogen) atoms. The van der Waals surface area contributed by atoms with E-state index in [1.165, 1.54) is 0 Å². The third-order valence-corrected chi connectivity index (χ3v) is 6.78. The van der Waals surface area contributed by atoms with Crippen molar-refractivity contribution in [3.8, 4) is 16.9 Å². The molecule has 1 aliphatic heterocycles. The molecule has 0 aromatic heterocycles. The maximum Gasteiger partial charge on any atom is 0.407 e. The lowest BCUT2D eigenvalue weighted by molar-refractivity contribution is -0.139. The van der Waals surface area contributed by atoms with Crippen LogP contribution >= 0.6 is 0 Å². The molecule has 2 aliphatic rings. The van der Waals surface area contributed by atoms with Crippen molar-refractivity contribution in [1.29, 1.82) is 0 Å². The minimum atomic E-state index is -1.16. The highest BCUT2D eigenvalue weighted by molar-refractivity contribution is 5.81. The van der Waals surface area contributed by atoms with E-state index in [2.05, 4.69) is 17.4 Å². The molecule has 3 aromatic carbocycles. The normalized spacial score (nSPS) is 17.2. The van der Waals surface area contributed by atoms with E-state index in [9.17, 15) is 14.7 Å². The largest absolute Gasteiger partial charge is 0.491 e. The molecule has 1 saturated heterocycles. The lowest BCUT2D eigenvalue weighted by Gasteiger charge is -2.19. The first-order valence-electron chi connectivity index (χ1n) is 12.3. The summed E-state index contributed by atoms with van der Waals surface area (Å²) in [5.74, 6) is -0.649. The number of hydrogen-bond acceptors (Lipinski definition) is 5. The van der Waals surface area contributed by atoms with E-state index < -0.39 is 18.1 Å². The van der Waals surface area contributed by atoms with E-state index in [1.54, 1.807) is 12.1 Å². The smallest absolute Gasteiger partial charge is 0.407 e. The summed E-state index contributed by atoms with van der Waals surface area (Å²) < 4.78 is 17.1. The number of ether oxygens (including phenoxy) is 3. The van der Waals surface area contributed by atoms with E-state index in [0.717, 1.165) is 41.7 Å². The van der Waals surface area contributed by atoms with Crippen LogP contribution < -0.4 is 10.1 Å². The molecule has 0 spiro atoms. The number of carboxylic acid groups (broad SMARTS) is 1. The fourth-order valence-electron chi connectivity index (χ4n) is 4.97. The zero-order valence-corrected chi connectivity index (χ0v) is 19.9. The number of para-hydroxylation sites is 1. The molecular formula is C29H29NO6. The molecule has 0 saturated carbocycles. The van der Waals surface area contributed by atoms with Crippen LogP contribution in [0, 0.1) is 0 Å². The van der Waals surface area contributed by atoms with Gasteiger partial charge in [-0.3, -0.25) is 0 Å². The Kier molecular flexibility index (Phi) is 7.18. The number of rotatable bonds is 9. The van der Waals surface area contributed by atoms with Crippen LogP contribution in [0.3, 0.4) is 0 Å². The van der Waals surface area contributed by atoms with Gasteiger partial charge < -0.3 is 24.6 Å². The summed E-state index contributed by atoms with van der Waals surface area (Å²) in [6, 6.07) is 22.2. The molecule has 7 nitrogen and oxygen atoms in total. The summed E-state index contributed by atoms with van der Waals surface area (Å²) in [4.78, 5) is 24.6. The number of hydrogen-bond donors (Lipinski definition) is 2. The van der Waals surface area contributed by atoms with Gasteiger partial charge in [0, 0.05) is 18.9 Å². The average Bonchev–Trinajstić information content (AvgIpc) is 3.53. The van der Waals surface area contributed by atoms with Crippen LogP contribution in [0.25, 0.3) is 11.1 Å². The molecule has 1 heterocycles. The first-order chi connectivity index (χ1) is 17.6. The molecule has 0 bridgehead atoms. The zero-order chi connectivity index (χ0) is 24.9. The number of nitrogens with one attached hydrogen (secondary N) is 1. The second-order valence-corrected chi connectivity index (χ2v) is 9.12. The molecule has 2 unspecified atom stereocenters. The Morgan fingerprint density at radius 1 is 0.944 bits per heavy atom. The summed E-state index contributed by atoms with van der Waals surface area (Å²) in [6.07, 6.45) is 1.32. The maximum atomic E-state index is 12.7. The summed E-state index contributed by atoms with van der Waals surface area (Å²) in [6.45, 7) is 1.27. The van der Waals surface area contributed by atoms with Gasteiger partial charge in [-0.2, -0.15) is 0 Å². The molecule has 7 heteroatoms. The molecule has 1 fully saturated rings. The van der Waals surface area contributed by atoms with Gasteiger partial charge in [0.25, 0.3) is 0 Å². The van der Waals surface area contributed by atoms with Gasteiger partial charge in [0.05, 0.1) is 6.10 Å². The van der Waals surface area contributed by atoms with Gasteiger partial charge in [-0.05, 0) is 46.7 Å². The average molecular weight is 488 g/mol. The molecule has 186 valence electrons. The minimum Gasteiger partial charge on any atom is -0.491 e. The predicted molar refractivity (Wildman–Crippen MR) is 134 cm³/mol. The van der Waals surface area contributed by atoms with Gasteiger partial charge in [0.2, 0.25) is 0 Å². The Bertz CT molecular complexity index is 1190. The SMILES string of the molecule is O=C(NC(Cc1ccccc1OCC1CCCO1)C(=O)O)OCC1c2ccccc2-c2ccccc21. The first kappa shape index (κ1) is 23.9. The Morgan fingerprint density at radius 3 is 2.28 bits per heavy atom. The van der Waals surface area contributed by atoms with Crippen LogP contribution in [0.15, 0.2) is 72.8 Å². The Labute approximate surface area is 210 Å². The van der Waals surface area contributed by atoms with Gasteiger partial charge in [-0.25, -0.2) is 9.59 Å². The highest BCUT2D eigenvalue weighted by atomic mass is 16.5. The highest BCUT2D eigenvalue weighted by Gasteiger charge is 2.30. The van der Waals surface area contributed by atoms with Gasteiger partial charge in [0.15, 0.2) is 0 Å². The summed E-state index contributed by atoms with van der Waals surface area (Å²) in [5.41, 5.74) is 5.15. The standard InChI is InChI=1S/C29H29NO6/c31-28(32)26(16-19-8-1-6-14-27(19)35-17-20-9-7-15-34-20)30-29(33)36-18-25-23-12-4-2-10-21(23)22-11-3-5-13-24(22)25/h1-6,8,10-14,20,25-26H,7,9,15-18H2,(H,30,33)(H,31,32). The second kappa shape index (κ2) is 10.8. The lowest BCUT2D eigenvalue weighted by atomic mass is 9.98. The van der Waals surface area contributed by atoms with Crippen LogP contribution in [0.1, 0.15) is 35.4 Å². The predicted octanol–water partition coefficient (Wildman–Crippen LogP) is 4.78. The Balaban J connectivity index is 1.22. The van der Waals surface area contributed by atoms with E-state index in [1.807, 2.05) is 48.5 Å². The van der Waals surface area contributed by atoms with Crippen LogP contribution in [-0.2, 0) is 20.7 Å². The Morgan fingerprint density at radius 2 is 1.61 bits per heavy atom. The van der Waals surface area contributed by atoms with Crippen molar-refractivity contribution in [3.63, 3.8) is 0 Å². The number of aliphatic carboxylic acids is 1. The number of benzene rings is 3. The fraction of sp³-hybridized carbons (Fsp3) is 0.310. The first-order valence-corrected chi connectivity index (χ1v) is 12.3. The third-order valence-electron chi connectivity index (χ3n) is 6.78. The summed E-state index contributed by atoms with van der Waals surface area (Å²) >= 11 is 0. The molecule has 1 amide bonds. The quantitative estimate of drug-likeness (QED) is 0.451. The molecule has 1 aliphatic carbocycles. The van der Waals surface area contributed by atoms with Crippen molar-refractivity contribution in [1.82, 2.24) is 5.32 Å². The van der Waals surface area contributed by atoms with Crippen LogP contribution in [0.2, 0.25) is 0 Å². The maximum absolute atomic E-state index is 12.7. The van der Waals surface area contributed by atoms with Crippen molar-refractivity contribution >= 4 is 12.1 Å². The molecule has 2 atom stereocenters. The van der Waals surface area contributed by atoms with Gasteiger partial charge in [-0.15, -0.1) is 0 Å². The topological polar surface area (TPSA) is 94.1 Å². The number of alkyl carbamates (subject to hydrolysis) is 1. The van der Waals surface area contributed by atoms with E-state index >= 15 is 0 Å². The molecule has 3 aromatic rings. The monoisotopic (exact) mass is 487 g/mol. The van der Waals surface area contributed by atoms with Crippen molar-refractivity contribution in [2.45, 2.75) is 37.3 Å². The number of carbonyl (C=O) groups excluding carboxylic acids is 1. The fourth-order valence-corrected chi connectivity index (χ4v) is 4.97. The minimum absolute atomic E-state index is 0.0484. The molecule has 2 N–H and O–H groups in total. The van der Waals surface area contributed by atoms with Crippen LogP contribution in [0.5, 0.6) is 5.75 Å². The highest BCUT2D eigenvalue weighted by Crippen LogP contribution is 2.44.